The van der Waals surface area contributed by atoms with Gasteiger partial charge in [-0.2, -0.15) is 4.68 Å². The van der Waals surface area contributed by atoms with Crippen LogP contribution in [0.15, 0.2) is 65.8 Å². The first kappa shape index (κ1) is 29.4. The van der Waals surface area contributed by atoms with Crippen LogP contribution in [0.25, 0.3) is 5.69 Å². The third-order valence-corrected chi connectivity index (χ3v) is 7.40. The molecule has 2 N–H and O–H groups in total. The SMILES string of the molecule is COc1ccc(CC(=O)Nc2ccc(NC(=O)CSc3nnnn3-c3ccc(C(C)(C)C)cc3Cl)c(Cl)c2)cc1. The number of amides is 2. The number of carbonyl (C=O) groups is 2. The maximum atomic E-state index is 12.7. The zero-order valence-corrected chi connectivity index (χ0v) is 24.7. The molecule has 9 nitrogen and oxygen atoms in total. The van der Waals surface area contributed by atoms with Gasteiger partial charge in [0.05, 0.1) is 40.7 Å². The Kier molecular flexibility index (Phi) is 9.34. The number of methoxy groups -OCH3 is 1. The lowest BCUT2D eigenvalue weighted by molar-refractivity contribution is -0.115. The molecule has 4 aromatic rings. The molecule has 1 aromatic heterocycles. The second kappa shape index (κ2) is 12.7. The molecular weight excluding hydrogens is 571 g/mol. The van der Waals surface area contributed by atoms with Gasteiger partial charge in [0.1, 0.15) is 5.75 Å². The molecule has 0 fully saturated rings. The van der Waals surface area contributed by atoms with Crippen LogP contribution in [0.4, 0.5) is 11.4 Å². The lowest BCUT2D eigenvalue weighted by Gasteiger charge is -2.20. The number of hydrogen-bond acceptors (Lipinski definition) is 7. The summed E-state index contributed by atoms with van der Waals surface area (Å²) in [6.07, 6.45) is 0.197. The Morgan fingerprint density at radius 2 is 1.70 bits per heavy atom. The molecule has 0 aliphatic heterocycles. The van der Waals surface area contributed by atoms with Crippen molar-refractivity contribution in [2.75, 3.05) is 23.5 Å². The summed E-state index contributed by atoms with van der Waals surface area (Å²) in [6, 6.07) is 17.9. The third kappa shape index (κ3) is 7.53. The maximum Gasteiger partial charge on any atom is 0.234 e. The number of nitrogens with one attached hydrogen (secondary N) is 2. The molecule has 0 bridgehead atoms. The van der Waals surface area contributed by atoms with Crippen LogP contribution in [-0.2, 0) is 21.4 Å². The van der Waals surface area contributed by atoms with E-state index in [1.54, 1.807) is 37.4 Å². The number of anilines is 2. The molecule has 0 unspecified atom stereocenters. The summed E-state index contributed by atoms with van der Waals surface area (Å²) in [5.41, 5.74) is 3.44. The minimum Gasteiger partial charge on any atom is -0.497 e. The average Bonchev–Trinajstić information content (AvgIpc) is 3.37. The Morgan fingerprint density at radius 3 is 2.35 bits per heavy atom. The van der Waals surface area contributed by atoms with Gasteiger partial charge in [0.2, 0.25) is 17.0 Å². The van der Waals surface area contributed by atoms with Crippen LogP contribution in [0, 0.1) is 0 Å². The summed E-state index contributed by atoms with van der Waals surface area (Å²) in [4.78, 5) is 25.1. The van der Waals surface area contributed by atoms with E-state index in [0.29, 0.717) is 27.2 Å². The van der Waals surface area contributed by atoms with Gasteiger partial charge in [-0.25, -0.2) is 0 Å². The fourth-order valence-electron chi connectivity index (χ4n) is 3.71. The zero-order chi connectivity index (χ0) is 28.9. The number of ether oxygens (including phenoxy) is 1. The van der Waals surface area contributed by atoms with Crippen molar-refractivity contribution < 1.29 is 14.3 Å². The highest BCUT2D eigenvalue weighted by atomic mass is 35.5. The van der Waals surface area contributed by atoms with Crippen molar-refractivity contribution in [1.29, 1.82) is 0 Å². The summed E-state index contributed by atoms with van der Waals surface area (Å²) >= 11 is 14.1. The first-order chi connectivity index (χ1) is 19.0. The molecule has 208 valence electrons. The number of benzene rings is 3. The van der Waals surface area contributed by atoms with Crippen molar-refractivity contribution in [3.05, 3.63) is 81.8 Å². The van der Waals surface area contributed by atoms with Gasteiger partial charge >= 0.3 is 0 Å². The van der Waals surface area contributed by atoms with Crippen LogP contribution in [0.3, 0.4) is 0 Å². The molecule has 2 amide bonds. The largest absolute Gasteiger partial charge is 0.497 e. The van der Waals surface area contributed by atoms with Crippen molar-refractivity contribution in [1.82, 2.24) is 20.2 Å². The van der Waals surface area contributed by atoms with Crippen LogP contribution in [-0.4, -0.2) is 44.9 Å². The summed E-state index contributed by atoms with van der Waals surface area (Å²) in [5, 5.41) is 18.6. The highest BCUT2D eigenvalue weighted by molar-refractivity contribution is 7.99. The molecule has 0 atom stereocenters. The first-order valence-corrected chi connectivity index (χ1v) is 14.0. The summed E-state index contributed by atoms with van der Waals surface area (Å²) in [5.74, 6) is 0.266. The monoisotopic (exact) mass is 598 g/mol. The number of aromatic nitrogens is 4. The van der Waals surface area contributed by atoms with E-state index in [1.807, 2.05) is 30.3 Å². The quantitative estimate of drug-likeness (QED) is 0.221. The molecule has 0 spiro atoms. The number of hydrogen-bond donors (Lipinski definition) is 2. The van der Waals surface area contributed by atoms with Crippen LogP contribution < -0.4 is 15.4 Å². The van der Waals surface area contributed by atoms with Crippen LogP contribution in [0.1, 0.15) is 31.9 Å². The van der Waals surface area contributed by atoms with Crippen molar-refractivity contribution in [3.63, 3.8) is 0 Å². The number of tetrazole rings is 1. The van der Waals surface area contributed by atoms with E-state index >= 15 is 0 Å². The van der Waals surface area contributed by atoms with E-state index in [0.717, 1.165) is 28.6 Å². The topological polar surface area (TPSA) is 111 Å². The Bertz CT molecular complexity index is 1520. The van der Waals surface area contributed by atoms with Gasteiger partial charge < -0.3 is 15.4 Å². The van der Waals surface area contributed by atoms with Crippen LogP contribution in [0.5, 0.6) is 5.75 Å². The van der Waals surface area contributed by atoms with Gasteiger partial charge in [-0.1, -0.05) is 73.9 Å². The molecule has 4 rings (SSSR count). The molecule has 3 aromatic carbocycles. The predicted molar refractivity (Wildman–Crippen MR) is 159 cm³/mol. The molecule has 0 saturated carbocycles. The van der Waals surface area contributed by atoms with Gasteiger partial charge in [-0.3, -0.25) is 9.59 Å². The number of carbonyl (C=O) groups excluding carboxylic acids is 2. The molecule has 40 heavy (non-hydrogen) atoms. The first-order valence-electron chi connectivity index (χ1n) is 12.3. The molecule has 12 heteroatoms. The predicted octanol–water partition coefficient (Wildman–Crippen LogP) is 6.19. The van der Waals surface area contributed by atoms with E-state index in [2.05, 4.69) is 46.9 Å². The second-order valence-corrected chi connectivity index (χ2v) is 11.7. The zero-order valence-electron chi connectivity index (χ0n) is 22.4. The molecule has 0 saturated heterocycles. The molecule has 1 heterocycles. The normalized spacial score (nSPS) is 11.2. The van der Waals surface area contributed by atoms with Crippen molar-refractivity contribution in [2.24, 2.45) is 0 Å². The Morgan fingerprint density at radius 1 is 0.950 bits per heavy atom. The van der Waals surface area contributed by atoms with E-state index in [4.69, 9.17) is 27.9 Å². The number of halogens is 2. The molecule has 0 radical (unpaired) electrons. The van der Waals surface area contributed by atoms with Crippen molar-refractivity contribution in [3.8, 4) is 11.4 Å². The van der Waals surface area contributed by atoms with Gasteiger partial charge in [0.15, 0.2) is 0 Å². The van der Waals surface area contributed by atoms with Crippen LogP contribution >= 0.6 is 35.0 Å². The Labute approximate surface area is 246 Å². The maximum absolute atomic E-state index is 12.7. The highest BCUT2D eigenvalue weighted by Crippen LogP contribution is 2.31. The third-order valence-electron chi connectivity index (χ3n) is 5.87. The molecule has 0 aliphatic rings. The second-order valence-electron chi connectivity index (χ2n) is 9.89. The summed E-state index contributed by atoms with van der Waals surface area (Å²) < 4.78 is 6.64. The van der Waals surface area contributed by atoms with E-state index < -0.39 is 0 Å². The lowest BCUT2D eigenvalue weighted by atomic mass is 9.87. The van der Waals surface area contributed by atoms with E-state index in [1.165, 1.54) is 4.68 Å². The van der Waals surface area contributed by atoms with Gasteiger partial charge in [0.25, 0.3) is 0 Å². The lowest BCUT2D eigenvalue weighted by Crippen LogP contribution is -2.16. The van der Waals surface area contributed by atoms with Crippen LogP contribution in [0.2, 0.25) is 10.0 Å². The van der Waals surface area contributed by atoms with Gasteiger partial charge in [0, 0.05) is 5.69 Å². The Balaban J connectivity index is 1.33. The standard InChI is InChI=1S/C28H28Cl2N6O3S/c1-28(2,3)18-7-12-24(22(30)14-18)36-27(33-34-35-36)40-16-26(38)32-23-11-8-19(15-21(23)29)31-25(37)13-17-5-9-20(39-4)10-6-17/h5-12,14-15H,13,16H2,1-4H3,(H,31,37)(H,32,38). The summed E-state index contributed by atoms with van der Waals surface area (Å²) in [6.45, 7) is 6.32. The summed E-state index contributed by atoms with van der Waals surface area (Å²) in [7, 11) is 1.59. The van der Waals surface area contributed by atoms with Gasteiger partial charge in [-0.05, 0) is 69.4 Å². The van der Waals surface area contributed by atoms with E-state index in [9.17, 15) is 9.59 Å². The van der Waals surface area contributed by atoms with Crippen molar-refractivity contribution in [2.45, 2.75) is 37.8 Å². The van der Waals surface area contributed by atoms with Crippen molar-refractivity contribution >= 4 is 58.2 Å². The fourth-order valence-corrected chi connectivity index (χ4v) is 4.88. The molecular formula is C28H28Cl2N6O3S. The smallest absolute Gasteiger partial charge is 0.234 e. The Hall–Kier alpha value is -3.60. The van der Waals surface area contributed by atoms with E-state index in [-0.39, 0.29) is 34.4 Å². The fraction of sp³-hybridized carbons (Fsp3) is 0.250. The number of rotatable bonds is 9. The van der Waals surface area contributed by atoms with Gasteiger partial charge in [-0.15, -0.1) is 5.10 Å². The average molecular weight is 600 g/mol. The number of nitrogens with zero attached hydrogens (tertiary/aromatic N) is 4. The highest BCUT2D eigenvalue weighted by Gasteiger charge is 2.19. The minimum absolute atomic E-state index is 0.0365. The number of thioether (sulfide) groups is 1. The minimum atomic E-state index is -0.299. The molecule has 0 aliphatic carbocycles.